The van der Waals surface area contributed by atoms with Gasteiger partial charge in [-0.15, -0.1) is 0 Å². The van der Waals surface area contributed by atoms with Crippen molar-refractivity contribution in [3.63, 3.8) is 0 Å². The Morgan fingerprint density at radius 1 is 0.222 bits per heavy atom. The summed E-state index contributed by atoms with van der Waals surface area (Å²) in [4.78, 5) is 0. The molecule has 0 saturated carbocycles. The summed E-state index contributed by atoms with van der Waals surface area (Å²) in [6.45, 7) is 74.2. The van der Waals surface area contributed by atoms with E-state index in [1.165, 1.54) is 0 Å². The summed E-state index contributed by atoms with van der Waals surface area (Å²) in [5, 5.41) is 0. The maximum absolute atomic E-state index is 8.39. The molecule has 1 aliphatic heterocycles. The third-order valence-corrected chi connectivity index (χ3v) is 172. The van der Waals surface area contributed by atoms with Crippen LogP contribution in [0.25, 0.3) is 0 Å². The van der Waals surface area contributed by atoms with E-state index in [1.54, 1.807) is 0 Å². The van der Waals surface area contributed by atoms with Crippen LogP contribution in [-0.2, 0) is 4.23 Å². The van der Waals surface area contributed by atoms with Gasteiger partial charge in [0.05, 0.1) is 0 Å². The van der Waals surface area contributed by atoms with Crippen molar-refractivity contribution >= 4 is 134 Å². The Bertz CT molecular complexity index is 797. The fraction of sp³-hybridized carbons (Fsp3) is 1.00. The first-order chi connectivity index (χ1) is 19.1. The summed E-state index contributed by atoms with van der Waals surface area (Å²) in [5.74, 6) is 0. The fourth-order valence-corrected chi connectivity index (χ4v) is 239. The molecule has 0 aromatic carbocycles. The molecule has 0 atom stereocenters. The van der Waals surface area contributed by atoms with E-state index in [4.69, 9.17) is 4.23 Å². The molecule has 3 radical (unpaired) electrons. The van der Waals surface area contributed by atoms with Gasteiger partial charge in [-0.2, -0.15) is 0 Å². The Hall–Kier alpha value is 4.23. The van der Waals surface area contributed by atoms with E-state index in [2.05, 4.69) is 177 Å². The Morgan fingerprint density at radius 2 is 0.311 bits per heavy atom. The van der Waals surface area contributed by atoms with E-state index in [1.807, 2.05) is 0 Å². The summed E-state index contributed by atoms with van der Waals surface area (Å²) in [6.07, 6.45) is 0. The van der Waals surface area contributed by atoms with E-state index in [0.717, 1.165) is 0 Å². The van der Waals surface area contributed by atoms with Crippen LogP contribution in [0.5, 0.6) is 0 Å². The zero-order valence-electron chi connectivity index (χ0n) is 35.7. The molecule has 0 aromatic heterocycles. The van der Waals surface area contributed by atoms with Gasteiger partial charge in [0.2, 0.25) is 0 Å². The maximum atomic E-state index is 8.39. The van der Waals surface area contributed by atoms with E-state index in [9.17, 15) is 0 Å². The quantitative estimate of drug-likeness (QED) is 0.182. The van der Waals surface area contributed by atoms with Crippen LogP contribution < -0.4 is 0 Å². The number of hydrogen-bond donors (Lipinski definition) is 0. The Balaban J connectivity index is 4.74. The first-order valence-corrected chi connectivity index (χ1v) is 60.5. The molecule has 267 valence electrons. The second-order valence-electron chi connectivity index (χ2n) is 23.7. The van der Waals surface area contributed by atoms with Gasteiger partial charge in [-0.25, -0.2) is 0 Å². The molecule has 0 unspecified atom stereocenters. The first kappa shape index (κ1) is 47.2. The molecule has 0 bridgehead atoms. The van der Waals surface area contributed by atoms with Crippen LogP contribution in [-0.4, -0.2) is 134 Å². The topological polar surface area (TPSA) is 27.7 Å². The monoisotopic (exact) mass is 1100 g/mol. The fourth-order valence-electron chi connectivity index (χ4n) is 13.7. The van der Waals surface area contributed by atoms with Gasteiger partial charge in [0.1, 0.15) is 0 Å². The number of hydrogen-bond acceptors (Lipinski definition) is 3. The molecule has 1 saturated heterocycles. The predicted octanol–water partition coefficient (Wildman–Crippen LogP) is 11.6. The summed E-state index contributed by atoms with van der Waals surface area (Å²) in [5.41, 5.74) is 0. The summed E-state index contributed by atoms with van der Waals surface area (Å²) >= 11 is -9.02. The van der Waals surface area contributed by atoms with E-state index in [-0.39, 0.29) is 0 Å². The predicted molar refractivity (Wildman–Crippen MR) is 239 cm³/mol. The van der Waals surface area contributed by atoms with E-state index < -0.39 is 134 Å². The molecule has 45 heavy (non-hydrogen) atoms. The summed E-state index contributed by atoms with van der Waals surface area (Å²) in [6, 6.07) is 0. The van der Waals surface area contributed by atoms with Crippen LogP contribution in [0.4, 0.5) is 0 Å². The molecule has 1 fully saturated rings. The Morgan fingerprint density at radius 3 is 0.378 bits per heavy atom. The van der Waals surface area contributed by atoms with Gasteiger partial charge >= 0.3 is 322 Å². The standard InChI is InChI=1S/3C10H27Si3.3O.3Sn/c3*1-11(2,3)10(12(4,5)6)13(7,8)9;;;;;;/h3*1-9H3;;;;;;. The van der Waals surface area contributed by atoms with Crippen molar-refractivity contribution in [2.24, 2.45) is 0 Å². The van der Waals surface area contributed by atoms with Gasteiger partial charge in [0.25, 0.3) is 0 Å². The molecule has 0 aromatic rings. The van der Waals surface area contributed by atoms with Crippen molar-refractivity contribution in [2.45, 2.75) is 184 Å². The minimum absolute atomic E-state index is 0.407. The molecular weight excluding hydrogens is 1020 g/mol. The second-order valence-corrected chi connectivity index (χ2v) is 113. The Kier molecular flexibility index (Phi) is 14.5. The van der Waals surface area contributed by atoms with Crippen molar-refractivity contribution in [3.8, 4) is 0 Å². The Labute approximate surface area is 318 Å². The molecule has 0 spiro atoms. The molecule has 1 heterocycles. The van der Waals surface area contributed by atoms with Crippen molar-refractivity contribution in [1.82, 2.24) is 0 Å². The summed E-state index contributed by atoms with van der Waals surface area (Å²) in [7, 11) is -15.4. The molecular formula is C30H81O3Si9Sn3. The van der Waals surface area contributed by atoms with Crippen LogP contribution in [0, 0.1) is 0 Å². The van der Waals surface area contributed by atoms with Gasteiger partial charge < -0.3 is 0 Å². The number of rotatable bonds is 12. The van der Waals surface area contributed by atoms with Crippen molar-refractivity contribution < 1.29 is 4.23 Å². The van der Waals surface area contributed by atoms with Gasteiger partial charge in [-0.3, -0.25) is 0 Å². The van der Waals surface area contributed by atoms with Gasteiger partial charge in [0.15, 0.2) is 0 Å². The van der Waals surface area contributed by atoms with Gasteiger partial charge in [-0.1, -0.05) is 0 Å². The van der Waals surface area contributed by atoms with Crippen LogP contribution in [0.15, 0.2) is 0 Å². The van der Waals surface area contributed by atoms with E-state index >= 15 is 0 Å². The minimum atomic E-state index is -3.01. The van der Waals surface area contributed by atoms with Crippen LogP contribution in [0.2, 0.25) is 184 Å². The van der Waals surface area contributed by atoms with Gasteiger partial charge in [0, 0.05) is 0 Å². The average Bonchev–Trinajstić information content (AvgIpc) is 2.57. The van der Waals surface area contributed by atoms with Gasteiger partial charge in [-0.05, 0) is 0 Å². The van der Waals surface area contributed by atoms with Crippen molar-refractivity contribution in [3.05, 3.63) is 0 Å². The molecule has 1 rings (SSSR count). The molecule has 0 aliphatic carbocycles. The molecule has 3 nitrogen and oxygen atoms in total. The van der Waals surface area contributed by atoms with Crippen LogP contribution in [0.3, 0.4) is 0 Å². The SMILES string of the molecule is C[Si](C)(C)[C]([Sn]1[O][Sn]([C]([Si](C)(C)C)([Si](C)(C)C)[Si](C)(C)C)[O][Sn]([C]([Si](C)(C)C)([Si](C)(C)C)[Si](C)(C)C)[O]1)([Si](C)(C)C)[Si](C)(C)C. The summed E-state index contributed by atoms with van der Waals surface area (Å²) < 4.78 is 26.4. The normalized spacial score (nSPS) is 19.8. The molecule has 1 aliphatic rings. The zero-order valence-corrected chi connectivity index (χ0v) is 53.3. The first-order valence-electron chi connectivity index (χ1n) is 17.7. The van der Waals surface area contributed by atoms with Crippen LogP contribution >= 0.6 is 0 Å². The van der Waals surface area contributed by atoms with Crippen molar-refractivity contribution in [2.75, 3.05) is 0 Å². The average molecular weight is 1100 g/mol. The second kappa shape index (κ2) is 13.8. The van der Waals surface area contributed by atoms with E-state index in [0.29, 0.717) is 6.90 Å². The van der Waals surface area contributed by atoms with Crippen molar-refractivity contribution in [1.29, 1.82) is 0 Å². The molecule has 15 heteroatoms. The third kappa shape index (κ3) is 7.76. The zero-order chi connectivity index (χ0) is 36.9. The third-order valence-electron chi connectivity index (χ3n) is 11.6. The molecule has 0 N–H and O–H groups in total. The molecule has 0 amide bonds. The van der Waals surface area contributed by atoms with Crippen LogP contribution in [0.1, 0.15) is 0 Å².